The van der Waals surface area contributed by atoms with Gasteiger partial charge in [-0.25, -0.2) is 8.42 Å². The number of thiophene rings is 1. The van der Waals surface area contributed by atoms with E-state index in [9.17, 15) is 18.0 Å². The van der Waals surface area contributed by atoms with Crippen LogP contribution in [0.3, 0.4) is 0 Å². The van der Waals surface area contributed by atoms with Gasteiger partial charge >= 0.3 is 0 Å². The zero-order valence-corrected chi connectivity index (χ0v) is 19.0. The van der Waals surface area contributed by atoms with Crippen LogP contribution in [0, 0.1) is 6.92 Å². The number of anilines is 1. The normalized spacial score (nSPS) is 19.5. The molecule has 0 radical (unpaired) electrons. The highest BCUT2D eigenvalue weighted by Gasteiger charge is 2.32. The third-order valence-electron chi connectivity index (χ3n) is 5.61. The number of aryl methyl sites for hydroxylation is 2. The van der Waals surface area contributed by atoms with Crippen molar-refractivity contribution < 1.29 is 22.7 Å². The Kier molecular flexibility index (Phi) is 6.34. The Morgan fingerprint density at radius 3 is 2.61 bits per heavy atom. The van der Waals surface area contributed by atoms with Crippen LogP contribution in [0.15, 0.2) is 24.3 Å². The van der Waals surface area contributed by atoms with Crippen molar-refractivity contribution in [1.82, 2.24) is 5.32 Å². The Morgan fingerprint density at radius 1 is 1.16 bits per heavy atom. The molecule has 0 spiro atoms. The second kappa shape index (κ2) is 9.00. The van der Waals surface area contributed by atoms with E-state index in [-0.39, 0.29) is 36.0 Å². The zero-order chi connectivity index (χ0) is 22.0. The van der Waals surface area contributed by atoms with Crippen LogP contribution in [-0.2, 0) is 27.5 Å². The molecule has 4 rings (SSSR count). The average Bonchev–Trinajstić information content (AvgIpc) is 3.26. The van der Waals surface area contributed by atoms with Crippen LogP contribution in [0.5, 0.6) is 5.75 Å². The third kappa shape index (κ3) is 5.27. The molecule has 1 aliphatic carbocycles. The van der Waals surface area contributed by atoms with Crippen LogP contribution in [-0.4, -0.2) is 44.4 Å². The minimum absolute atomic E-state index is 0.0306. The fourth-order valence-corrected chi connectivity index (χ4v) is 6.98. The molecule has 7 nitrogen and oxygen atoms in total. The summed E-state index contributed by atoms with van der Waals surface area (Å²) >= 11 is 1.43. The van der Waals surface area contributed by atoms with E-state index in [0.29, 0.717) is 22.7 Å². The highest BCUT2D eigenvalue weighted by atomic mass is 32.2. The number of benzene rings is 1. The van der Waals surface area contributed by atoms with Gasteiger partial charge in [-0.1, -0.05) is 17.7 Å². The number of carbonyl (C=O) groups excluding carboxylic acids is 2. The third-order valence-corrected chi connectivity index (χ3v) is 8.59. The van der Waals surface area contributed by atoms with Crippen molar-refractivity contribution in [2.75, 3.05) is 23.4 Å². The van der Waals surface area contributed by atoms with Crippen molar-refractivity contribution in [2.24, 2.45) is 0 Å². The number of sulfone groups is 1. The Morgan fingerprint density at radius 2 is 1.90 bits per heavy atom. The highest BCUT2D eigenvalue weighted by Crippen LogP contribution is 2.38. The molecule has 1 atom stereocenters. The quantitative estimate of drug-likeness (QED) is 0.687. The van der Waals surface area contributed by atoms with E-state index in [1.54, 1.807) is 12.1 Å². The van der Waals surface area contributed by atoms with E-state index in [1.807, 2.05) is 19.1 Å². The molecule has 0 saturated carbocycles. The number of nitrogens with one attached hydrogen (secondary N) is 2. The molecule has 0 unspecified atom stereocenters. The smallest absolute Gasteiger partial charge is 0.262 e. The van der Waals surface area contributed by atoms with Gasteiger partial charge in [-0.2, -0.15) is 0 Å². The SMILES string of the molecule is Cc1ccc(OCC(=O)Nc2sc3c(c2C(=O)N[C@H]2CCS(=O)(=O)C2)CCCC3)cc1. The standard InChI is InChI=1S/C22H26N2O5S2/c1-14-6-8-16(9-7-14)29-12-19(25)24-22-20(17-4-2-3-5-18(17)30-22)21(26)23-15-10-11-31(27,28)13-15/h6-9,15H,2-5,10-13H2,1H3,(H,23,26)(H,24,25)/t15-/m0/s1. The molecule has 2 N–H and O–H groups in total. The Hall–Kier alpha value is -2.39. The summed E-state index contributed by atoms with van der Waals surface area (Å²) in [6, 6.07) is 7.05. The van der Waals surface area contributed by atoms with Crippen molar-refractivity contribution in [2.45, 2.75) is 45.1 Å². The predicted octanol–water partition coefficient (Wildman–Crippen LogP) is 2.87. The molecule has 2 heterocycles. The second-order valence-electron chi connectivity index (χ2n) is 8.14. The summed E-state index contributed by atoms with van der Waals surface area (Å²) in [5.74, 6) is 0.0242. The van der Waals surface area contributed by atoms with Gasteiger partial charge in [0.2, 0.25) is 0 Å². The van der Waals surface area contributed by atoms with Crippen LogP contribution in [0.1, 0.15) is 45.6 Å². The summed E-state index contributed by atoms with van der Waals surface area (Å²) in [5, 5.41) is 6.23. The molecular formula is C22H26N2O5S2. The molecule has 2 amide bonds. The average molecular weight is 463 g/mol. The summed E-state index contributed by atoms with van der Waals surface area (Å²) in [6.07, 6.45) is 4.14. The summed E-state index contributed by atoms with van der Waals surface area (Å²) in [4.78, 5) is 26.7. The van der Waals surface area contributed by atoms with E-state index in [2.05, 4.69) is 10.6 Å². The maximum absolute atomic E-state index is 13.1. The highest BCUT2D eigenvalue weighted by molar-refractivity contribution is 7.91. The van der Waals surface area contributed by atoms with Crippen LogP contribution < -0.4 is 15.4 Å². The molecule has 9 heteroatoms. The minimum atomic E-state index is -3.09. The number of rotatable bonds is 6. The molecule has 1 aromatic heterocycles. The zero-order valence-electron chi connectivity index (χ0n) is 17.4. The maximum Gasteiger partial charge on any atom is 0.262 e. The van der Waals surface area contributed by atoms with Crippen molar-refractivity contribution in [3.63, 3.8) is 0 Å². The van der Waals surface area contributed by atoms with Crippen molar-refractivity contribution in [3.05, 3.63) is 45.8 Å². The largest absolute Gasteiger partial charge is 0.484 e. The van der Waals surface area contributed by atoms with Gasteiger partial charge in [0, 0.05) is 10.9 Å². The maximum atomic E-state index is 13.1. The van der Waals surface area contributed by atoms with Crippen molar-refractivity contribution in [3.8, 4) is 5.75 Å². The predicted molar refractivity (Wildman–Crippen MR) is 121 cm³/mol. The number of ether oxygens (including phenoxy) is 1. The first-order valence-electron chi connectivity index (χ1n) is 10.5. The first kappa shape index (κ1) is 21.8. The lowest BCUT2D eigenvalue weighted by Gasteiger charge is -2.15. The molecule has 1 aromatic carbocycles. The van der Waals surface area contributed by atoms with Crippen LogP contribution in [0.2, 0.25) is 0 Å². The van der Waals surface area contributed by atoms with E-state index in [1.165, 1.54) is 11.3 Å². The Balaban J connectivity index is 1.47. The van der Waals surface area contributed by atoms with Gasteiger partial charge in [0.1, 0.15) is 10.8 Å². The summed E-state index contributed by atoms with van der Waals surface area (Å²) in [5.41, 5.74) is 2.56. The van der Waals surface area contributed by atoms with Gasteiger partial charge in [0.05, 0.1) is 17.1 Å². The molecule has 166 valence electrons. The molecule has 0 bridgehead atoms. The lowest BCUT2D eigenvalue weighted by molar-refractivity contribution is -0.118. The van der Waals surface area contributed by atoms with Gasteiger partial charge < -0.3 is 15.4 Å². The van der Waals surface area contributed by atoms with E-state index in [0.717, 1.165) is 41.7 Å². The summed E-state index contributed by atoms with van der Waals surface area (Å²) in [6.45, 7) is 1.82. The van der Waals surface area contributed by atoms with E-state index < -0.39 is 9.84 Å². The van der Waals surface area contributed by atoms with Crippen LogP contribution in [0.4, 0.5) is 5.00 Å². The number of hydrogen-bond donors (Lipinski definition) is 2. The van der Waals surface area contributed by atoms with E-state index in [4.69, 9.17) is 4.74 Å². The van der Waals surface area contributed by atoms with Gasteiger partial charge in [-0.05, 0) is 56.7 Å². The lowest BCUT2D eigenvalue weighted by atomic mass is 9.95. The van der Waals surface area contributed by atoms with Crippen LogP contribution in [0.25, 0.3) is 0 Å². The first-order valence-corrected chi connectivity index (χ1v) is 13.1. The molecule has 1 saturated heterocycles. The number of hydrogen-bond acceptors (Lipinski definition) is 6. The van der Waals surface area contributed by atoms with Gasteiger partial charge in [0.15, 0.2) is 16.4 Å². The minimum Gasteiger partial charge on any atom is -0.484 e. The number of amides is 2. The molecule has 1 fully saturated rings. The summed E-state index contributed by atoms with van der Waals surface area (Å²) in [7, 11) is -3.09. The lowest BCUT2D eigenvalue weighted by Crippen LogP contribution is -2.36. The second-order valence-corrected chi connectivity index (χ2v) is 11.5. The van der Waals surface area contributed by atoms with E-state index >= 15 is 0 Å². The number of fused-ring (bicyclic) bond motifs is 1. The van der Waals surface area contributed by atoms with Gasteiger partial charge in [-0.15, -0.1) is 11.3 Å². The van der Waals surface area contributed by atoms with Crippen molar-refractivity contribution in [1.29, 1.82) is 0 Å². The Bertz CT molecular complexity index is 1090. The molecule has 1 aliphatic heterocycles. The topological polar surface area (TPSA) is 102 Å². The van der Waals surface area contributed by atoms with Crippen molar-refractivity contribution >= 4 is 38.0 Å². The first-order chi connectivity index (χ1) is 14.8. The molecule has 2 aromatic rings. The molecular weight excluding hydrogens is 436 g/mol. The van der Waals surface area contributed by atoms with Gasteiger partial charge in [0.25, 0.3) is 11.8 Å². The van der Waals surface area contributed by atoms with Gasteiger partial charge in [-0.3, -0.25) is 9.59 Å². The van der Waals surface area contributed by atoms with Crippen LogP contribution >= 0.6 is 11.3 Å². The fraction of sp³-hybridized carbons (Fsp3) is 0.455. The number of carbonyl (C=O) groups is 2. The molecule has 2 aliphatic rings. The summed E-state index contributed by atoms with van der Waals surface area (Å²) < 4.78 is 29.0. The monoisotopic (exact) mass is 462 g/mol. The Labute approximate surface area is 186 Å². The fourth-order valence-electron chi connectivity index (χ4n) is 4.01. The molecule has 31 heavy (non-hydrogen) atoms.